The average Bonchev–Trinajstić information content (AvgIpc) is 3.05. The highest BCUT2D eigenvalue weighted by molar-refractivity contribution is 5.98. The molecule has 0 fully saturated rings. The second kappa shape index (κ2) is 6.38. The highest BCUT2D eigenvalue weighted by atomic mass is 17.1. The molecule has 0 saturated carbocycles. The Kier molecular flexibility index (Phi) is 4.28. The third-order valence-corrected chi connectivity index (χ3v) is 4.24. The number of anilines is 1. The van der Waals surface area contributed by atoms with E-state index in [-0.39, 0.29) is 23.0 Å². The number of hydrogen-bond acceptors (Lipinski definition) is 6. The van der Waals surface area contributed by atoms with Crippen molar-refractivity contribution in [3.8, 4) is 11.5 Å². The topological polar surface area (TPSA) is 91.3 Å². The fourth-order valence-electron chi connectivity index (χ4n) is 2.98. The summed E-state index contributed by atoms with van der Waals surface area (Å²) in [6, 6.07) is 8.68. The van der Waals surface area contributed by atoms with E-state index in [1.807, 2.05) is 25.2 Å². The van der Waals surface area contributed by atoms with Crippen molar-refractivity contribution in [1.82, 2.24) is 4.90 Å². The molecule has 1 amide bonds. The maximum absolute atomic E-state index is 12.9. The summed E-state index contributed by atoms with van der Waals surface area (Å²) in [6.07, 6.45) is 0. The lowest BCUT2D eigenvalue weighted by Crippen LogP contribution is -2.26. The monoisotopic (exact) mass is 330 g/mol. The van der Waals surface area contributed by atoms with Crippen molar-refractivity contribution in [1.29, 1.82) is 0 Å². The van der Waals surface area contributed by atoms with Gasteiger partial charge in [-0.2, -0.15) is 0 Å². The van der Waals surface area contributed by atoms with Gasteiger partial charge in [-0.05, 0) is 35.7 Å². The van der Waals surface area contributed by atoms with Gasteiger partial charge in [0.25, 0.3) is 5.91 Å². The second-order valence-electron chi connectivity index (χ2n) is 5.65. The predicted molar refractivity (Wildman–Crippen MR) is 87.3 cm³/mol. The Morgan fingerprint density at radius 1 is 1.17 bits per heavy atom. The SMILES string of the molecule is CNc1cccc2c1CN(C(=O)c1cc(C)c(OO)cc1OO)C2. The number of fused-ring (bicyclic) bond motifs is 1. The molecule has 0 saturated heterocycles. The van der Waals surface area contributed by atoms with Crippen LogP contribution in [0.4, 0.5) is 5.69 Å². The van der Waals surface area contributed by atoms with Gasteiger partial charge in [0.2, 0.25) is 0 Å². The van der Waals surface area contributed by atoms with Crippen LogP contribution in [0.5, 0.6) is 11.5 Å². The summed E-state index contributed by atoms with van der Waals surface area (Å²) in [5, 5.41) is 21.0. The summed E-state index contributed by atoms with van der Waals surface area (Å²) >= 11 is 0. The smallest absolute Gasteiger partial charge is 0.258 e. The maximum atomic E-state index is 12.9. The predicted octanol–water partition coefficient (Wildman–Crippen LogP) is 2.90. The van der Waals surface area contributed by atoms with Crippen LogP contribution in [-0.2, 0) is 13.1 Å². The van der Waals surface area contributed by atoms with Gasteiger partial charge in [0.15, 0.2) is 11.5 Å². The maximum Gasteiger partial charge on any atom is 0.258 e. The Balaban J connectivity index is 1.93. The van der Waals surface area contributed by atoms with Gasteiger partial charge in [-0.3, -0.25) is 4.79 Å². The third kappa shape index (κ3) is 2.64. The van der Waals surface area contributed by atoms with Crippen molar-refractivity contribution in [3.05, 3.63) is 52.6 Å². The molecule has 0 aliphatic carbocycles. The molecule has 7 heteroatoms. The van der Waals surface area contributed by atoms with E-state index in [4.69, 9.17) is 10.5 Å². The van der Waals surface area contributed by atoms with Crippen LogP contribution in [0.1, 0.15) is 27.0 Å². The van der Waals surface area contributed by atoms with Crippen LogP contribution in [0.15, 0.2) is 30.3 Å². The highest BCUT2D eigenvalue weighted by Crippen LogP contribution is 2.33. The molecule has 3 rings (SSSR count). The number of nitrogens with one attached hydrogen (secondary N) is 1. The fraction of sp³-hybridized carbons (Fsp3) is 0.235. The van der Waals surface area contributed by atoms with Crippen LogP contribution in [0, 0.1) is 6.92 Å². The van der Waals surface area contributed by atoms with Crippen molar-refractivity contribution in [3.63, 3.8) is 0 Å². The Bertz CT molecular complexity index is 791. The van der Waals surface area contributed by atoms with Crippen LogP contribution in [0.2, 0.25) is 0 Å². The molecule has 1 aliphatic rings. The van der Waals surface area contributed by atoms with E-state index in [1.54, 1.807) is 11.8 Å². The fourth-order valence-corrected chi connectivity index (χ4v) is 2.98. The first-order valence-corrected chi connectivity index (χ1v) is 7.44. The van der Waals surface area contributed by atoms with E-state index in [0.29, 0.717) is 18.7 Å². The Morgan fingerprint density at radius 3 is 2.58 bits per heavy atom. The van der Waals surface area contributed by atoms with Crippen molar-refractivity contribution in [2.75, 3.05) is 12.4 Å². The third-order valence-electron chi connectivity index (χ3n) is 4.24. The van der Waals surface area contributed by atoms with Gasteiger partial charge in [-0.15, -0.1) is 0 Å². The quantitative estimate of drug-likeness (QED) is 0.590. The molecule has 0 spiro atoms. The lowest BCUT2D eigenvalue weighted by Gasteiger charge is -2.18. The van der Waals surface area contributed by atoms with E-state index in [9.17, 15) is 4.79 Å². The molecule has 126 valence electrons. The Labute approximate surface area is 138 Å². The van der Waals surface area contributed by atoms with Crippen LogP contribution in [-0.4, -0.2) is 28.4 Å². The molecule has 0 radical (unpaired) electrons. The lowest BCUT2D eigenvalue weighted by molar-refractivity contribution is -0.145. The molecule has 2 aromatic carbocycles. The standard InChI is InChI=1S/C17H18N2O5/c1-10-6-12(16(24-22)7-15(10)23-21)17(20)19-8-11-4-3-5-14(18-2)13(11)9-19/h3-7,18,21-22H,8-9H2,1-2H3. The number of rotatable bonds is 4. The first kappa shape index (κ1) is 16.1. The summed E-state index contributed by atoms with van der Waals surface area (Å²) in [5.74, 6) is -0.234. The van der Waals surface area contributed by atoms with Crippen LogP contribution < -0.4 is 15.1 Å². The zero-order valence-corrected chi connectivity index (χ0v) is 13.4. The van der Waals surface area contributed by atoms with Crippen LogP contribution >= 0.6 is 0 Å². The zero-order valence-electron chi connectivity index (χ0n) is 13.4. The molecule has 0 atom stereocenters. The summed E-state index contributed by atoms with van der Waals surface area (Å²) in [4.78, 5) is 23.0. The van der Waals surface area contributed by atoms with E-state index >= 15 is 0 Å². The van der Waals surface area contributed by atoms with Crippen molar-refractivity contribution >= 4 is 11.6 Å². The zero-order chi connectivity index (χ0) is 17.3. The molecule has 24 heavy (non-hydrogen) atoms. The molecular formula is C17H18N2O5. The number of benzene rings is 2. The summed E-state index contributed by atoms with van der Waals surface area (Å²) in [7, 11) is 1.84. The summed E-state index contributed by atoms with van der Waals surface area (Å²) in [6.45, 7) is 2.63. The number of hydrogen-bond donors (Lipinski definition) is 3. The molecule has 2 aromatic rings. The van der Waals surface area contributed by atoms with E-state index < -0.39 is 0 Å². The number of carbonyl (C=O) groups excluding carboxylic acids is 1. The van der Waals surface area contributed by atoms with Gasteiger partial charge in [0.1, 0.15) is 0 Å². The largest absolute Gasteiger partial charge is 0.388 e. The van der Waals surface area contributed by atoms with Gasteiger partial charge in [-0.25, -0.2) is 10.5 Å². The number of amides is 1. The summed E-state index contributed by atoms with van der Waals surface area (Å²) < 4.78 is 0. The normalized spacial score (nSPS) is 12.8. The van der Waals surface area contributed by atoms with Crippen molar-refractivity contribution in [2.45, 2.75) is 20.0 Å². The Hall–Kier alpha value is -2.77. The van der Waals surface area contributed by atoms with Gasteiger partial charge in [-0.1, -0.05) is 12.1 Å². The molecule has 1 heterocycles. The number of carbonyl (C=O) groups is 1. The number of aryl methyl sites for hydroxylation is 1. The first-order chi connectivity index (χ1) is 11.6. The van der Waals surface area contributed by atoms with Gasteiger partial charge < -0.3 is 20.0 Å². The molecular weight excluding hydrogens is 312 g/mol. The molecule has 7 nitrogen and oxygen atoms in total. The number of nitrogens with zero attached hydrogens (tertiary/aromatic N) is 1. The van der Waals surface area contributed by atoms with Crippen LogP contribution in [0.3, 0.4) is 0 Å². The minimum atomic E-state index is -0.273. The molecule has 0 bridgehead atoms. The lowest BCUT2D eigenvalue weighted by atomic mass is 10.1. The van der Waals surface area contributed by atoms with Gasteiger partial charge in [0, 0.05) is 31.9 Å². The molecule has 3 N–H and O–H groups in total. The minimum Gasteiger partial charge on any atom is -0.388 e. The van der Waals surface area contributed by atoms with E-state index in [2.05, 4.69) is 15.1 Å². The van der Waals surface area contributed by atoms with Gasteiger partial charge in [0.05, 0.1) is 5.56 Å². The average molecular weight is 330 g/mol. The van der Waals surface area contributed by atoms with Gasteiger partial charge >= 0.3 is 0 Å². The molecule has 0 unspecified atom stereocenters. The van der Waals surface area contributed by atoms with Crippen LogP contribution in [0.25, 0.3) is 0 Å². The van der Waals surface area contributed by atoms with E-state index in [0.717, 1.165) is 16.8 Å². The summed E-state index contributed by atoms with van der Waals surface area (Å²) in [5.41, 5.74) is 3.89. The van der Waals surface area contributed by atoms with E-state index in [1.165, 1.54) is 12.1 Å². The van der Waals surface area contributed by atoms with Crippen molar-refractivity contribution in [2.24, 2.45) is 0 Å². The minimum absolute atomic E-state index is 0.0700. The second-order valence-corrected chi connectivity index (χ2v) is 5.65. The first-order valence-electron chi connectivity index (χ1n) is 7.44. The Morgan fingerprint density at radius 2 is 1.92 bits per heavy atom. The molecule has 0 aromatic heterocycles. The van der Waals surface area contributed by atoms with Crippen molar-refractivity contribution < 1.29 is 25.1 Å². The molecule has 1 aliphatic heterocycles. The highest BCUT2D eigenvalue weighted by Gasteiger charge is 2.28.